The van der Waals surface area contributed by atoms with Crippen molar-refractivity contribution in [3.8, 4) is 6.07 Å². The van der Waals surface area contributed by atoms with Crippen molar-refractivity contribution in [3.05, 3.63) is 57.1 Å². The Morgan fingerprint density at radius 1 is 1.27 bits per heavy atom. The molecule has 0 atom stereocenters. The molecule has 2 aromatic rings. The summed E-state index contributed by atoms with van der Waals surface area (Å²) in [5.74, 6) is -0.219. The molecule has 0 radical (unpaired) electrons. The molecule has 30 heavy (non-hydrogen) atoms. The topological polar surface area (TPSA) is 102 Å². The number of aryl methyl sites for hydroxylation is 1. The van der Waals surface area contributed by atoms with Crippen molar-refractivity contribution in [2.45, 2.75) is 25.9 Å². The average molecular weight is 421 g/mol. The third-order valence-electron chi connectivity index (χ3n) is 4.83. The van der Waals surface area contributed by atoms with Gasteiger partial charge in [0.1, 0.15) is 18.4 Å². The van der Waals surface area contributed by atoms with Crippen LogP contribution in [0.2, 0.25) is 0 Å². The number of benzene rings is 1. The van der Waals surface area contributed by atoms with Crippen molar-refractivity contribution in [3.63, 3.8) is 0 Å². The molecule has 0 saturated heterocycles. The van der Waals surface area contributed by atoms with Gasteiger partial charge in [0, 0.05) is 13.1 Å². The summed E-state index contributed by atoms with van der Waals surface area (Å²) in [6, 6.07) is 9.50. The van der Waals surface area contributed by atoms with E-state index in [1.165, 1.54) is 6.92 Å². The number of carbonyl (C=O) groups is 1. The van der Waals surface area contributed by atoms with Gasteiger partial charge in [-0.25, -0.2) is 14.8 Å². The van der Waals surface area contributed by atoms with E-state index in [1.54, 1.807) is 11.0 Å². The third kappa shape index (κ3) is 4.22. The monoisotopic (exact) mass is 421 g/mol. The Hall–Kier alpha value is -3.55. The fourth-order valence-electron chi connectivity index (χ4n) is 3.49. The van der Waals surface area contributed by atoms with Gasteiger partial charge in [0.25, 0.3) is 5.56 Å². The quantitative estimate of drug-likeness (QED) is 0.815. The van der Waals surface area contributed by atoms with Gasteiger partial charge in [0.05, 0.1) is 0 Å². The summed E-state index contributed by atoms with van der Waals surface area (Å²) < 4.78 is 38.8. The molecule has 158 valence electrons. The van der Waals surface area contributed by atoms with E-state index in [0.29, 0.717) is 25.9 Å². The normalized spacial score (nSPS) is 13.9. The Bertz CT molecular complexity index is 1050. The fourth-order valence-corrected chi connectivity index (χ4v) is 3.49. The molecule has 1 aromatic carbocycles. The number of nitrogens with zero attached hydrogens (tertiary/aromatic N) is 5. The molecule has 1 aliphatic rings. The standard InChI is InChI=1S/C19H18F3N5O3/c1-12-24-16(25-8-6-13-4-2-3-5-14(13)7-9-25)15(10-23)17(28)27(12)26(18(29)30)11-19(20,21)22/h2-5H,6-9,11H2,1H3,(H,29,30). The Balaban J connectivity index is 2.04. The van der Waals surface area contributed by atoms with E-state index >= 15 is 0 Å². The largest absolute Gasteiger partial charge is 0.464 e. The smallest absolute Gasteiger partial charge is 0.427 e. The molecule has 0 bridgehead atoms. The molecule has 0 spiro atoms. The van der Waals surface area contributed by atoms with Gasteiger partial charge in [0.15, 0.2) is 11.4 Å². The van der Waals surface area contributed by atoms with Crippen LogP contribution >= 0.6 is 0 Å². The summed E-state index contributed by atoms with van der Waals surface area (Å²) >= 11 is 0. The van der Waals surface area contributed by atoms with Gasteiger partial charge in [-0.2, -0.15) is 23.1 Å². The minimum atomic E-state index is -4.88. The summed E-state index contributed by atoms with van der Waals surface area (Å²) in [7, 11) is 0. The molecule has 3 rings (SSSR count). The Morgan fingerprint density at radius 2 is 1.83 bits per heavy atom. The highest BCUT2D eigenvalue weighted by Gasteiger charge is 2.36. The van der Waals surface area contributed by atoms with Crippen LogP contribution in [0.15, 0.2) is 29.1 Å². The van der Waals surface area contributed by atoms with Gasteiger partial charge in [0.2, 0.25) is 0 Å². The van der Waals surface area contributed by atoms with Crippen molar-refractivity contribution >= 4 is 11.9 Å². The molecule has 1 aromatic heterocycles. The lowest BCUT2D eigenvalue weighted by atomic mass is 10.0. The molecule has 8 nitrogen and oxygen atoms in total. The summed E-state index contributed by atoms with van der Waals surface area (Å²) in [5, 5.41) is 18.5. The van der Waals surface area contributed by atoms with E-state index in [-0.39, 0.29) is 21.3 Å². The van der Waals surface area contributed by atoms with Crippen LogP contribution in [0.4, 0.5) is 23.8 Å². The van der Waals surface area contributed by atoms with E-state index in [4.69, 9.17) is 0 Å². The van der Waals surface area contributed by atoms with Crippen molar-refractivity contribution in [2.24, 2.45) is 0 Å². The first-order valence-electron chi connectivity index (χ1n) is 9.05. The lowest BCUT2D eigenvalue weighted by molar-refractivity contribution is -0.121. The molecular formula is C19H18F3N5O3. The minimum absolute atomic E-state index is 0.0430. The van der Waals surface area contributed by atoms with Crippen molar-refractivity contribution in [2.75, 3.05) is 29.5 Å². The van der Waals surface area contributed by atoms with E-state index in [0.717, 1.165) is 11.1 Å². The SMILES string of the molecule is Cc1nc(N2CCc3ccccc3CC2)c(C#N)c(=O)n1N(CC(F)(F)F)C(=O)O. The first-order chi connectivity index (χ1) is 14.1. The number of amides is 1. The average Bonchev–Trinajstić information content (AvgIpc) is 2.88. The lowest BCUT2D eigenvalue weighted by Crippen LogP contribution is -2.52. The highest BCUT2D eigenvalue weighted by molar-refractivity contribution is 5.76. The van der Waals surface area contributed by atoms with Crippen LogP contribution < -0.4 is 15.5 Å². The van der Waals surface area contributed by atoms with Crippen LogP contribution in [-0.4, -0.2) is 46.7 Å². The number of nitriles is 1. The number of alkyl halides is 3. The van der Waals surface area contributed by atoms with Gasteiger partial charge in [-0.3, -0.25) is 4.79 Å². The number of carboxylic acid groups (broad SMARTS) is 1. The molecule has 0 saturated carbocycles. The number of hydrogen-bond acceptors (Lipinski definition) is 5. The first kappa shape index (κ1) is 21.2. The zero-order valence-electron chi connectivity index (χ0n) is 16.0. The highest BCUT2D eigenvalue weighted by Crippen LogP contribution is 2.22. The van der Waals surface area contributed by atoms with Gasteiger partial charge in [-0.05, 0) is 30.9 Å². The second kappa shape index (κ2) is 8.06. The molecule has 1 N–H and O–H groups in total. The highest BCUT2D eigenvalue weighted by atomic mass is 19.4. The summed E-state index contributed by atoms with van der Waals surface area (Å²) in [6.45, 7) is 0.221. The maximum Gasteiger partial charge on any atom is 0.427 e. The maximum absolute atomic E-state index is 12.8. The Morgan fingerprint density at radius 3 is 2.30 bits per heavy atom. The summed E-state index contributed by atoms with van der Waals surface area (Å²) in [4.78, 5) is 30.1. The minimum Gasteiger partial charge on any atom is -0.464 e. The third-order valence-corrected chi connectivity index (χ3v) is 4.83. The second-order valence-corrected chi connectivity index (χ2v) is 6.80. The molecule has 1 amide bonds. The number of hydrogen-bond donors (Lipinski definition) is 1. The van der Waals surface area contributed by atoms with E-state index < -0.39 is 29.9 Å². The number of halogens is 3. The number of anilines is 1. The van der Waals surface area contributed by atoms with Crippen molar-refractivity contribution in [1.82, 2.24) is 9.66 Å². The molecule has 11 heteroatoms. The van der Waals surface area contributed by atoms with Crippen molar-refractivity contribution in [1.29, 1.82) is 5.26 Å². The Labute approximate surface area is 169 Å². The van der Waals surface area contributed by atoms with Crippen molar-refractivity contribution < 1.29 is 23.1 Å². The molecular weight excluding hydrogens is 403 g/mol. The maximum atomic E-state index is 12.8. The van der Waals surface area contributed by atoms with E-state index in [2.05, 4.69) is 4.98 Å². The molecule has 1 aliphatic heterocycles. The zero-order valence-corrected chi connectivity index (χ0v) is 16.0. The van der Waals surface area contributed by atoms with Crippen LogP contribution in [0.1, 0.15) is 22.5 Å². The molecule has 0 aliphatic carbocycles. The van der Waals surface area contributed by atoms with E-state index in [9.17, 15) is 33.1 Å². The summed E-state index contributed by atoms with van der Waals surface area (Å²) in [5.41, 5.74) is 0.602. The van der Waals surface area contributed by atoms with Gasteiger partial charge in [-0.15, -0.1) is 0 Å². The predicted molar refractivity (Wildman–Crippen MR) is 101 cm³/mol. The number of fused-ring (bicyclic) bond motifs is 1. The van der Waals surface area contributed by atoms with Crippen LogP contribution in [0.3, 0.4) is 0 Å². The van der Waals surface area contributed by atoms with Crippen LogP contribution in [0.25, 0.3) is 0 Å². The first-order valence-corrected chi connectivity index (χ1v) is 9.05. The fraction of sp³-hybridized carbons (Fsp3) is 0.368. The predicted octanol–water partition coefficient (Wildman–Crippen LogP) is 2.21. The number of aromatic nitrogens is 2. The van der Waals surface area contributed by atoms with Crippen LogP contribution in [0.5, 0.6) is 0 Å². The zero-order chi connectivity index (χ0) is 22.1. The summed E-state index contributed by atoms with van der Waals surface area (Å²) in [6.07, 6.45) is -5.59. The van der Waals surface area contributed by atoms with E-state index in [1.807, 2.05) is 24.3 Å². The van der Waals surface area contributed by atoms with Crippen LogP contribution in [-0.2, 0) is 12.8 Å². The number of rotatable bonds is 3. The Kier molecular flexibility index (Phi) is 5.69. The molecule has 2 heterocycles. The van der Waals surface area contributed by atoms with Gasteiger partial charge < -0.3 is 10.0 Å². The van der Waals surface area contributed by atoms with Gasteiger partial charge >= 0.3 is 12.3 Å². The lowest BCUT2D eigenvalue weighted by Gasteiger charge is -2.27. The molecule has 0 unspecified atom stereocenters. The van der Waals surface area contributed by atoms with Gasteiger partial charge in [-0.1, -0.05) is 24.3 Å². The second-order valence-electron chi connectivity index (χ2n) is 6.80. The van der Waals surface area contributed by atoms with Crippen LogP contribution in [0, 0.1) is 18.3 Å². The molecule has 0 fully saturated rings.